The summed E-state index contributed by atoms with van der Waals surface area (Å²) in [7, 11) is 1.30. The number of hydrogen-bond acceptors (Lipinski definition) is 5. The van der Waals surface area contributed by atoms with E-state index >= 15 is 0 Å². The van der Waals surface area contributed by atoms with Gasteiger partial charge in [-0.15, -0.1) is 0 Å². The monoisotopic (exact) mass is 237 g/mol. The minimum Gasteiger partial charge on any atom is -0.496 e. The van der Waals surface area contributed by atoms with E-state index < -0.39 is 18.2 Å². The zero-order chi connectivity index (χ0) is 13.0. The predicted molar refractivity (Wildman–Crippen MR) is 56.5 cm³/mol. The summed E-state index contributed by atoms with van der Waals surface area (Å²) in [6, 6.07) is 5.26. The third-order valence-electron chi connectivity index (χ3n) is 2.23. The lowest BCUT2D eigenvalue weighted by atomic mass is 10.0. The highest BCUT2D eigenvalue weighted by atomic mass is 16.5. The molecule has 0 aliphatic rings. The summed E-state index contributed by atoms with van der Waals surface area (Å²) in [6.45, 7) is 0. The molecule has 0 spiro atoms. The van der Waals surface area contributed by atoms with Gasteiger partial charge < -0.3 is 20.1 Å². The Morgan fingerprint density at radius 2 is 2.12 bits per heavy atom. The predicted octanol–water partition coefficient (Wildman–Crippen LogP) is 0.311. The van der Waals surface area contributed by atoms with Crippen LogP contribution in [0.2, 0.25) is 0 Å². The largest absolute Gasteiger partial charge is 0.496 e. The Hall–Kier alpha value is -2.10. The summed E-state index contributed by atoms with van der Waals surface area (Å²) in [6.07, 6.45) is -3.04. The third-order valence-corrected chi connectivity index (χ3v) is 2.23. The van der Waals surface area contributed by atoms with Crippen molar-refractivity contribution in [3.05, 3.63) is 29.3 Å². The van der Waals surface area contributed by atoms with Gasteiger partial charge in [0.15, 0.2) is 6.10 Å². The molecule has 3 N–H and O–H groups in total. The molecule has 1 aromatic carbocycles. The van der Waals surface area contributed by atoms with Crippen molar-refractivity contribution in [3.63, 3.8) is 0 Å². The van der Waals surface area contributed by atoms with E-state index in [4.69, 9.17) is 15.1 Å². The van der Waals surface area contributed by atoms with E-state index in [9.17, 15) is 15.0 Å². The lowest BCUT2D eigenvalue weighted by Crippen LogP contribution is -2.16. The van der Waals surface area contributed by atoms with Crippen LogP contribution in [0.15, 0.2) is 18.2 Å². The maximum absolute atomic E-state index is 10.7. The second-order valence-corrected chi connectivity index (χ2v) is 3.28. The summed E-state index contributed by atoms with van der Waals surface area (Å²) in [5, 5.41) is 36.1. The smallest absolute Gasteiger partial charge is 0.335 e. The fourth-order valence-electron chi connectivity index (χ4n) is 1.33. The molecule has 0 saturated heterocycles. The topological polar surface area (TPSA) is 111 Å². The van der Waals surface area contributed by atoms with Crippen LogP contribution in [0.1, 0.15) is 22.0 Å². The number of carboxylic acids is 1. The summed E-state index contributed by atoms with van der Waals surface area (Å²) >= 11 is 0. The van der Waals surface area contributed by atoms with Crippen LogP contribution in [0, 0.1) is 11.3 Å². The van der Waals surface area contributed by atoms with Crippen LogP contribution in [0.5, 0.6) is 5.75 Å². The van der Waals surface area contributed by atoms with Crippen LogP contribution < -0.4 is 4.74 Å². The molecule has 2 unspecified atom stereocenters. The fourth-order valence-corrected chi connectivity index (χ4v) is 1.33. The van der Waals surface area contributed by atoms with E-state index in [1.807, 2.05) is 0 Å². The molecule has 17 heavy (non-hydrogen) atoms. The average molecular weight is 237 g/mol. The Kier molecular flexibility index (Phi) is 4.04. The summed E-state index contributed by atoms with van der Waals surface area (Å²) in [5.74, 6) is -1.03. The van der Waals surface area contributed by atoms with Gasteiger partial charge in [0.25, 0.3) is 0 Å². The van der Waals surface area contributed by atoms with Crippen LogP contribution in [-0.2, 0) is 0 Å². The number of aliphatic hydroxyl groups is 2. The number of aliphatic hydroxyl groups excluding tert-OH is 2. The molecule has 0 aliphatic heterocycles. The summed E-state index contributed by atoms with van der Waals surface area (Å²) in [5.41, 5.74) is 0.149. The van der Waals surface area contributed by atoms with Crippen molar-refractivity contribution in [1.82, 2.24) is 0 Å². The number of ether oxygens (including phenoxy) is 1. The molecule has 0 fully saturated rings. The number of carbonyl (C=O) groups is 1. The normalized spacial score (nSPS) is 13.5. The molecule has 0 bridgehead atoms. The van der Waals surface area contributed by atoms with E-state index in [1.165, 1.54) is 31.4 Å². The van der Waals surface area contributed by atoms with Crippen LogP contribution in [0.3, 0.4) is 0 Å². The van der Waals surface area contributed by atoms with E-state index in [-0.39, 0.29) is 16.9 Å². The lowest BCUT2D eigenvalue weighted by molar-refractivity contribution is 0.0510. The number of methoxy groups -OCH3 is 1. The van der Waals surface area contributed by atoms with Crippen molar-refractivity contribution in [1.29, 1.82) is 5.26 Å². The van der Waals surface area contributed by atoms with E-state index in [1.54, 1.807) is 0 Å². The Bertz CT molecular complexity index is 465. The first-order chi connectivity index (χ1) is 8.01. The van der Waals surface area contributed by atoms with Gasteiger partial charge in [0.1, 0.15) is 11.9 Å². The van der Waals surface area contributed by atoms with Crippen molar-refractivity contribution in [2.45, 2.75) is 12.2 Å². The van der Waals surface area contributed by atoms with Gasteiger partial charge in [-0.1, -0.05) is 6.07 Å². The quantitative estimate of drug-likeness (QED) is 0.650. The number of aromatic carboxylic acids is 1. The molecular formula is C11H11NO5. The molecule has 0 saturated carbocycles. The maximum atomic E-state index is 10.7. The van der Waals surface area contributed by atoms with Gasteiger partial charge in [0, 0.05) is 5.56 Å². The SMILES string of the molecule is COc1cc(C(=O)O)ccc1C(O)C(O)C#N. The molecule has 90 valence electrons. The zero-order valence-corrected chi connectivity index (χ0v) is 8.99. The number of carboxylic acid groups (broad SMARTS) is 1. The Morgan fingerprint density at radius 1 is 1.47 bits per heavy atom. The van der Waals surface area contributed by atoms with Crippen molar-refractivity contribution in [2.75, 3.05) is 7.11 Å². The molecule has 6 nitrogen and oxygen atoms in total. The van der Waals surface area contributed by atoms with Gasteiger partial charge in [-0.3, -0.25) is 0 Å². The standard InChI is InChI=1S/C11H11NO5/c1-17-9-4-6(11(15)16)2-3-7(9)10(14)8(13)5-12/h2-4,8,10,13-14H,1H3,(H,15,16). The highest BCUT2D eigenvalue weighted by Crippen LogP contribution is 2.28. The number of nitrogens with zero attached hydrogens (tertiary/aromatic N) is 1. The third kappa shape index (κ3) is 2.72. The van der Waals surface area contributed by atoms with E-state index in [0.717, 1.165) is 0 Å². The number of benzene rings is 1. The maximum Gasteiger partial charge on any atom is 0.335 e. The molecule has 1 aromatic rings. The Balaban J connectivity index is 3.18. The van der Waals surface area contributed by atoms with Crippen molar-refractivity contribution >= 4 is 5.97 Å². The summed E-state index contributed by atoms with van der Waals surface area (Å²) in [4.78, 5) is 10.7. The minimum atomic E-state index is -1.60. The molecular weight excluding hydrogens is 226 g/mol. The second kappa shape index (κ2) is 5.30. The van der Waals surface area contributed by atoms with Gasteiger partial charge in [-0.25, -0.2) is 4.79 Å². The molecule has 0 amide bonds. The molecule has 0 aromatic heterocycles. The van der Waals surface area contributed by atoms with Crippen LogP contribution in [0.25, 0.3) is 0 Å². The number of nitriles is 1. The van der Waals surface area contributed by atoms with Crippen LogP contribution in [-0.4, -0.2) is 34.5 Å². The Morgan fingerprint density at radius 3 is 2.59 bits per heavy atom. The molecule has 6 heteroatoms. The van der Waals surface area contributed by atoms with E-state index in [0.29, 0.717) is 0 Å². The van der Waals surface area contributed by atoms with E-state index in [2.05, 4.69) is 0 Å². The first-order valence-corrected chi connectivity index (χ1v) is 4.68. The highest BCUT2D eigenvalue weighted by Gasteiger charge is 2.22. The molecule has 0 radical (unpaired) electrons. The second-order valence-electron chi connectivity index (χ2n) is 3.28. The van der Waals surface area contributed by atoms with Crippen molar-refractivity contribution < 1.29 is 24.9 Å². The molecule has 0 heterocycles. The van der Waals surface area contributed by atoms with Crippen LogP contribution >= 0.6 is 0 Å². The first kappa shape index (κ1) is 13.0. The van der Waals surface area contributed by atoms with Gasteiger partial charge in [-0.05, 0) is 12.1 Å². The average Bonchev–Trinajstić information content (AvgIpc) is 2.35. The van der Waals surface area contributed by atoms with Gasteiger partial charge in [0.05, 0.1) is 18.7 Å². The fraction of sp³-hybridized carbons (Fsp3) is 0.273. The van der Waals surface area contributed by atoms with Gasteiger partial charge >= 0.3 is 5.97 Å². The molecule has 0 aliphatic carbocycles. The zero-order valence-electron chi connectivity index (χ0n) is 8.99. The summed E-state index contributed by atoms with van der Waals surface area (Å²) < 4.78 is 4.91. The lowest BCUT2D eigenvalue weighted by Gasteiger charge is -2.15. The molecule has 1 rings (SSSR count). The number of rotatable bonds is 4. The van der Waals surface area contributed by atoms with Crippen LogP contribution in [0.4, 0.5) is 0 Å². The Labute approximate surface area is 97.3 Å². The van der Waals surface area contributed by atoms with Crippen molar-refractivity contribution in [3.8, 4) is 11.8 Å². The minimum absolute atomic E-state index is 0.00996. The first-order valence-electron chi connectivity index (χ1n) is 4.68. The number of hydrogen-bond donors (Lipinski definition) is 3. The van der Waals surface area contributed by atoms with Gasteiger partial charge in [0.2, 0.25) is 0 Å². The highest BCUT2D eigenvalue weighted by molar-refractivity contribution is 5.88. The molecule has 2 atom stereocenters. The van der Waals surface area contributed by atoms with Gasteiger partial charge in [-0.2, -0.15) is 5.26 Å². The van der Waals surface area contributed by atoms with Crippen molar-refractivity contribution in [2.24, 2.45) is 0 Å².